The second-order valence-electron chi connectivity index (χ2n) is 6.61. The molecule has 142 valence electrons. The first kappa shape index (κ1) is 18.3. The van der Waals surface area contributed by atoms with Crippen LogP contribution in [0.3, 0.4) is 0 Å². The number of nitrogens with zero attached hydrogens (tertiary/aromatic N) is 2. The van der Waals surface area contributed by atoms with Gasteiger partial charge >= 0.3 is 0 Å². The molecule has 1 atom stereocenters. The molecule has 6 heteroatoms. The van der Waals surface area contributed by atoms with Crippen LogP contribution < -0.4 is 10.1 Å². The van der Waals surface area contributed by atoms with Gasteiger partial charge in [-0.3, -0.25) is 4.79 Å². The predicted octanol–water partition coefficient (Wildman–Crippen LogP) is 5.03. The van der Waals surface area contributed by atoms with Crippen LogP contribution in [0.15, 0.2) is 67.0 Å². The number of amides is 1. The number of hydrogen-bond acceptors (Lipinski definition) is 4. The van der Waals surface area contributed by atoms with Crippen molar-refractivity contribution in [1.82, 2.24) is 9.55 Å². The van der Waals surface area contributed by atoms with Crippen molar-refractivity contribution in [2.45, 2.75) is 19.4 Å². The molecule has 2 aromatic heterocycles. The number of benzene rings is 2. The second-order valence-corrected chi connectivity index (χ2v) is 7.64. The van der Waals surface area contributed by atoms with Crippen LogP contribution in [-0.4, -0.2) is 22.6 Å². The lowest BCUT2D eigenvalue weighted by Gasteiger charge is -2.19. The number of methoxy groups -OCH3 is 1. The number of fused-ring (bicyclic) bond motifs is 1. The number of aryl methyl sites for hydroxylation is 1. The van der Waals surface area contributed by atoms with E-state index in [0.29, 0.717) is 11.6 Å². The van der Waals surface area contributed by atoms with Crippen LogP contribution in [0.5, 0.6) is 5.75 Å². The van der Waals surface area contributed by atoms with E-state index in [0.717, 1.165) is 27.1 Å². The highest BCUT2D eigenvalue weighted by Gasteiger charge is 2.19. The van der Waals surface area contributed by atoms with Gasteiger partial charge < -0.3 is 14.6 Å². The van der Waals surface area contributed by atoms with E-state index >= 15 is 0 Å². The van der Waals surface area contributed by atoms with Crippen LogP contribution in [0.25, 0.3) is 10.2 Å². The Balaban J connectivity index is 1.55. The van der Waals surface area contributed by atoms with Gasteiger partial charge in [0.15, 0.2) is 5.13 Å². The fraction of sp³-hybridized carbons (Fsp3) is 0.182. The third kappa shape index (κ3) is 3.77. The van der Waals surface area contributed by atoms with Gasteiger partial charge in [-0.05, 0) is 48.4 Å². The molecule has 0 aliphatic heterocycles. The van der Waals surface area contributed by atoms with Gasteiger partial charge in [0.2, 0.25) is 5.91 Å². The van der Waals surface area contributed by atoms with Gasteiger partial charge in [-0.25, -0.2) is 4.98 Å². The summed E-state index contributed by atoms with van der Waals surface area (Å²) in [5.74, 6) is 0.732. The molecule has 0 spiro atoms. The second kappa shape index (κ2) is 7.86. The Morgan fingerprint density at radius 3 is 2.57 bits per heavy atom. The lowest BCUT2D eigenvalue weighted by atomic mass is 10.0. The number of rotatable bonds is 6. The lowest BCUT2D eigenvalue weighted by molar-refractivity contribution is -0.116. The molecule has 5 nitrogen and oxygen atoms in total. The Kier molecular flexibility index (Phi) is 5.12. The molecule has 0 saturated heterocycles. The smallest absolute Gasteiger partial charge is 0.228 e. The lowest BCUT2D eigenvalue weighted by Crippen LogP contribution is -2.19. The van der Waals surface area contributed by atoms with Crippen molar-refractivity contribution >= 4 is 32.6 Å². The Bertz CT molecular complexity index is 1080. The topological polar surface area (TPSA) is 56.1 Å². The molecule has 1 amide bonds. The Morgan fingerprint density at radius 1 is 1.14 bits per heavy atom. The Labute approximate surface area is 167 Å². The molecule has 4 aromatic rings. The molecule has 0 radical (unpaired) electrons. The van der Waals surface area contributed by atoms with Crippen molar-refractivity contribution in [2.75, 3.05) is 12.4 Å². The van der Waals surface area contributed by atoms with E-state index in [1.165, 1.54) is 11.3 Å². The molecule has 1 N–H and O–H groups in total. The monoisotopic (exact) mass is 391 g/mol. The highest BCUT2D eigenvalue weighted by molar-refractivity contribution is 7.22. The number of hydrogen-bond donors (Lipinski definition) is 1. The molecule has 4 rings (SSSR count). The first-order valence-electron chi connectivity index (χ1n) is 9.06. The average molecular weight is 391 g/mol. The van der Waals surface area contributed by atoms with Gasteiger partial charge in [-0.2, -0.15) is 0 Å². The van der Waals surface area contributed by atoms with E-state index in [2.05, 4.69) is 10.3 Å². The first-order chi connectivity index (χ1) is 13.6. The van der Waals surface area contributed by atoms with Gasteiger partial charge in [-0.15, -0.1) is 0 Å². The maximum atomic E-state index is 12.8. The van der Waals surface area contributed by atoms with Gasteiger partial charge in [-0.1, -0.05) is 35.6 Å². The van der Waals surface area contributed by atoms with Crippen molar-refractivity contribution in [2.24, 2.45) is 0 Å². The fourth-order valence-electron chi connectivity index (χ4n) is 3.26. The zero-order chi connectivity index (χ0) is 19.5. The minimum Gasteiger partial charge on any atom is -0.497 e. The summed E-state index contributed by atoms with van der Waals surface area (Å²) >= 11 is 1.50. The minimum atomic E-state index is -0.1000. The first-order valence-corrected chi connectivity index (χ1v) is 9.88. The molecule has 0 aliphatic carbocycles. The normalized spacial score (nSPS) is 12.1. The summed E-state index contributed by atoms with van der Waals surface area (Å²) in [6, 6.07) is 17.7. The van der Waals surface area contributed by atoms with Crippen molar-refractivity contribution < 1.29 is 9.53 Å². The van der Waals surface area contributed by atoms with Crippen molar-refractivity contribution in [3.05, 3.63) is 78.1 Å². The number of nitrogens with one attached hydrogen (secondary N) is 1. The summed E-state index contributed by atoms with van der Waals surface area (Å²) < 4.78 is 8.37. The van der Waals surface area contributed by atoms with E-state index in [-0.39, 0.29) is 11.9 Å². The fourth-order valence-corrected chi connectivity index (χ4v) is 4.22. The molecule has 0 aliphatic rings. The zero-order valence-corrected chi connectivity index (χ0v) is 16.6. The van der Waals surface area contributed by atoms with Crippen LogP contribution in [0.4, 0.5) is 5.13 Å². The number of carbonyl (C=O) groups excluding carboxylic acids is 1. The molecule has 28 heavy (non-hydrogen) atoms. The molecule has 0 saturated carbocycles. The summed E-state index contributed by atoms with van der Waals surface area (Å²) in [7, 11) is 1.64. The molecule has 2 aromatic carbocycles. The third-order valence-electron chi connectivity index (χ3n) is 4.73. The largest absolute Gasteiger partial charge is 0.497 e. The highest BCUT2D eigenvalue weighted by Crippen LogP contribution is 2.29. The number of aromatic nitrogens is 2. The highest BCUT2D eigenvalue weighted by atomic mass is 32.1. The number of carbonyl (C=O) groups is 1. The van der Waals surface area contributed by atoms with Crippen LogP contribution in [0, 0.1) is 6.92 Å². The number of anilines is 1. The van der Waals surface area contributed by atoms with E-state index in [9.17, 15) is 4.79 Å². The SMILES string of the molecule is COc1ccc([C@H](CC(=O)Nc2nc3c(C)cccc3s2)n2cccc2)cc1. The molecule has 0 unspecified atom stereocenters. The Morgan fingerprint density at radius 2 is 1.89 bits per heavy atom. The minimum absolute atomic E-state index is 0.0637. The van der Waals surface area contributed by atoms with Gasteiger partial charge in [0.1, 0.15) is 5.75 Å². The van der Waals surface area contributed by atoms with Crippen LogP contribution in [0.2, 0.25) is 0 Å². The molecule has 0 bridgehead atoms. The molecular formula is C22H21N3O2S. The number of thiazole rings is 1. The van der Waals surface area contributed by atoms with Crippen LogP contribution >= 0.6 is 11.3 Å². The van der Waals surface area contributed by atoms with E-state index in [1.54, 1.807) is 7.11 Å². The molecular weight excluding hydrogens is 370 g/mol. The quantitative estimate of drug-likeness (QED) is 0.501. The Hall–Kier alpha value is -3.12. The van der Waals surface area contributed by atoms with E-state index in [1.807, 2.05) is 78.5 Å². The summed E-state index contributed by atoms with van der Waals surface area (Å²) in [4.78, 5) is 17.4. The summed E-state index contributed by atoms with van der Waals surface area (Å²) in [6.45, 7) is 2.03. The summed E-state index contributed by atoms with van der Waals surface area (Å²) in [6.07, 6.45) is 4.27. The van der Waals surface area contributed by atoms with Gasteiger partial charge in [0.25, 0.3) is 0 Å². The maximum absolute atomic E-state index is 12.8. The maximum Gasteiger partial charge on any atom is 0.228 e. The standard InChI is InChI=1S/C22H21N3O2S/c1-15-6-5-7-19-21(15)24-22(28-19)23-20(26)14-18(25-12-3-4-13-25)16-8-10-17(27-2)11-9-16/h3-13,18H,14H2,1-2H3,(H,23,24,26)/t18-/m0/s1. The van der Waals surface area contributed by atoms with Crippen molar-refractivity contribution in [3.8, 4) is 5.75 Å². The van der Waals surface area contributed by atoms with E-state index in [4.69, 9.17) is 4.74 Å². The van der Waals surface area contributed by atoms with E-state index < -0.39 is 0 Å². The van der Waals surface area contributed by atoms with Crippen molar-refractivity contribution in [3.63, 3.8) is 0 Å². The summed E-state index contributed by atoms with van der Waals surface area (Å²) in [5, 5.41) is 3.61. The van der Waals surface area contributed by atoms with Crippen LogP contribution in [-0.2, 0) is 4.79 Å². The van der Waals surface area contributed by atoms with Crippen molar-refractivity contribution in [1.29, 1.82) is 0 Å². The zero-order valence-electron chi connectivity index (χ0n) is 15.8. The van der Waals surface area contributed by atoms with Crippen LogP contribution in [0.1, 0.15) is 23.6 Å². The summed E-state index contributed by atoms with van der Waals surface area (Å²) in [5.41, 5.74) is 3.10. The predicted molar refractivity (Wildman–Crippen MR) is 113 cm³/mol. The molecule has 0 fully saturated rings. The third-order valence-corrected chi connectivity index (χ3v) is 5.67. The molecule has 2 heterocycles. The number of ether oxygens (including phenoxy) is 1. The number of para-hydroxylation sites is 1. The van der Waals surface area contributed by atoms with Gasteiger partial charge in [0, 0.05) is 12.4 Å². The van der Waals surface area contributed by atoms with Gasteiger partial charge in [0.05, 0.1) is 29.8 Å². The average Bonchev–Trinajstić information content (AvgIpc) is 3.36.